The lowest BCUT2D eigenvalue weighted by molar-refractivity contribution is 0.101. The molecule has 21 heavy (non-hydrogen) atoms. The van der Waals surface area contributed by atoms with Crippen molar-refractivity contribution in [3.05, 3.63) is 39.4 Å². The molecule has 0 atom stereocenters. The maximum absolute atomic E-state index is 13.8. The van der Waals surface area contributed by atoms with Gasteiger partial charge in [0.15, 0.2) is 11.5 Å². The summed E-state index contributed by atoms with van der Waals surface area (Å²) in [4.78, 5) is 25.4. The molecule has 9 heteroatoms. The van der Waals surface area contributed by atoms with E-state index in [9.17, 15) is 22.4 Å². The molecule has 0 amide bonds. The van der Waals surface area contributed by atoms with Gasteiger partial charge >= 0.3 is 10.4 Å². The van der Waals surface area contributed by atoms with Crippen LogP contribution >= 0.6 is 0 Å². The van der Waals surface area contributed by atoms with E-state index in [0.717, 1.165) is 19.1 Å². The summed E-state index contributed by atoms with van der Waals surface area (Å²) in [6.45, 7) is 2.50. The van der Waals surface area contributed by atoms with Crippen LogP contribution in [0.15, 0.2) is 16.9 Å². The van der Waals surface area contributed by atoms with E-state index in [4.69, 9.17) is 4.55 Å². The minimum atomic E-state index is -4.84. The van der Waals surface area contributed by atoms with Crippen LogP contribution in [0.1, 0.15) is 22.8 Å². The first-order chi connectivity index (χ1) is 9.61. The number of aromatic nitrogens is 1. The maximum atomic E-state index is 13.8. The fraction of sp³-hybridized carbons (Fsp3) is 0.167. The Morgan fingerprint density at radius 2 is 2.00 bits per heavy atom. The van der Waals surface area contributed by atoms with Gasteiger partial charge in [0.2, 0.25) is 0 Å². The summed E-state index contributed by atoms with van der Waals surface area (Å²) in [6.07, 6.45) is 0. The normalized spacial score (nSPS) is 11.6. The minimum absolute atomic E-state index is 0.0550. The maximum Gasteiger partial charge on any atom is 0.446 e. The number of rotatable bonds is 3. The van der Waals surface area contributed by atoms with Crippen molar-refractivity contribution in [3.63, 3.8) is 0 Å². The number of hydrogen-bond donors (Lipinski definition) is 2. The Balaban J connectivity index is 2.97. The fourth-order valence-electron chi connectivity index (χ4n) is 2.13. The zero-order chi connectivity index (χ0) is 15.9. The molecule has 2 aromatic rings. The third-order valence-electron chi connectivity index (χ3n) is 2.88. The van der Waals surface area contributed by atoms with Crippen LogP contribution in [0.25, 0.3) is 10.9 Å². The molecule has 0 fully saturated rings. The first kappa shape index (κ1) is 15.1. The lowest BCUT2D eigenvalue weighted by Crippen LogP contribution is -2.19. The van der Waals surface area contributed by atoms with Crippen LogP contribution in [-0.2, 0) is 10.4 Å². The van der Waals surface area contributed by atoms with Crippen LogP contribution in [0, 0.1) is 12.7 Å². The van der Waals surface area contributed by atoms with Crippen molar-refractivity contribution < 1.29 is 26.3 Å². The van der Waals surface area contributed by atoms with E-state index in [1.165, 1.54) is 6.92 Å². The van der Waals surface area contributed by atoms with Gasteiger partial charge in [0, 0.05) is 5.39 Å². The SMILES string of the molecule is CC(=O)c1c(C)c2c(OS(=O)(=O)O)ccc(F)c2[nH]c1=O. The van der Waals surface area contributed by atoms with Crippen molar-refractivity contribution in [1.29, 1.82) is 0 Å². The van der Waals surface area contributed by atoms with Gasteiger partial charge in [-0.1, -0.05) is 0 Å². The number of pyridine rings is 1. The van der Waals surface area contributed by atoms with Gasteiger partial charge in [-0.05, 0) is 31.5 Å². The monoisotopic (exact) mass is 315 g/mol. The highest BCUT2D eigenvalue weighted by atomic mass is 32.3. The zero-order valence-electron chi connectivity index (χ0n) is 10.9. The summed E-state index contributed by atoms with van der Waals surface area (Å²) in [7, 11) is -4.84. The number of carbonyl (C=O) groups is 1. The van der Waals surface area contributed by atoms with Crippen LogP contribution in [0.5, 0.6) is 5.75 Å². The number of ketones is 1. The molecular formula is C12H10FNO6S. The highest BCUT2D eigenvalue weighted by molar-refractivity contribution is 7.81. The zero-order valence-corrected chi connectivity index (χ0v) is 11.7. The Labute approximate surface area is 118 Å². The number of Topliss-reactive ketones (excluding diaryl/α,β-unsaturated/α-hetero) is 1. The average Bonchev–Trinajstić information content (AvgIpc) is 2.30. The number of aryl methyl sites for hydroxylation is 1. The molecule has 0 aliphatic carbocycles. The predicted molar refractivity (Wildman–Crippen MR) is 71.4 cm³/mol. The van der Waals surface area contributed by atoms with Crippen LogP contribution in [0.2, 0.25) is 0 Å². The van der Waals surface area contributed by atoms with Gasteiger partial charge < -0.3 is 9.17 Å². The van der Waals surface area contributed by atoms with E-state index in [1.54, 1.807) is 0 Å². The molecule has 0 saturated heterocycles. The van der Waals surface area contributed by atoms with Crippen molar-refractivity contribution in [2.45, 2.75) is 13.8 Å². The third-order valence-corrected chi connectivity index (χ3v) is 3.27. The summed E-state index contributed by atoms with van der Waals surface area (Å²) < 4.78 is 48.5. The van der Waals surface area contributed by atoms with Crippen molar-refractivity contribution in [2.24, 2.45) is 0 Å². The van der Waals surface area contributed by atoms with Gasteiger partial charge in [-0.15, -0.1) is 0 Å². The summed E-state index contributed by atoms with van der Waals surface area (Å²) in [5, 5.41) is -0.113. The third kappa shape index (κ3) is 2.78. The lowest BCUT2D eigenvalue weighted by Gasteiger charge is -2.11. The average molecular weight is 315 g/mol. The van der Waals surface area contributed by atoms with Crippen LogP contribution in [0.3, 0.4) is 0 Å². The molecule has 1 aromatic heterocycles. The Hall–Kier alpha value is -2.26. The van der Waals surface area contributed by atoms with Crippen LogP contribution < -0.4 is 9.74 Å². The number of halogens is 1. The van der Waals surface area contributed by atoms with Gasteiger partial charge in [0.1, 0.15) is 5.82 Å². The van der Waals surface area contributed by atoms with Crippen molar-refractivity contribution in [1.82, 2.24) is 4.98 Å². The number of carbonyl (C=O) groups excluding carboxylic acids is 1. The van der Waals surface area contributed by atoms with E-state index in [2.05, 4.69) is 9.17 Å². The van der Waals surface area contributed by atoms with Gasteiger partial charge in [0.25, 0.3) is 5.56 Å². The smallest absolute Gasteiger partial charge is 0.361 e. The predicted octanol–water partition coefficient (Wildman–Crippen LogP) is 1.36. The van der Waals surface area contributed by atoms with Gasteiger partial charge in [0.05, 0.1) is 11.1 Å². The molecule has 1 aromatic carbocycles. The molecule has 2 rings (SSSR count). The van der Waals surface area contributed by atoms with Crippen molar-refractivity contribution in [2.75, 3.05) is 0 Å². The number of fused-ring (bicyclic) bond motifs is 1. The molecule has 0 radical (unpaired) electrons. The van der Waals surface area contributed by atoms with Gasteiger partial charge in [-0.2, -0.15) is 8.42 Å². The highest BCUT2D eigenvalue weighted by Crippen LogP contribution is 2.30. The second kappa shape index (κ2) is 4.93. The molecule has 112 valence electrons. The summed E-state index contributed by atoms with van der Waals surface area (Å²) in [5.74, 6) is -1.80. The van der Waals surface area contributed by atoms with Crippen molar-refractivity contribution in [3.8, 4) is 5.75 Å². The molecule has 0 saturated carbocycles. The molecule has 0 bridgehead atoms. The largest absolute Gasteiger partial charge is 0.446 e. The van der Waals surface area contributed by atoms with Crippen LogP contribution in [-0.4, -0.2) is 23.7 Å². The lowest BCUT2D eigenvalue weighted by atomic mass is 10.0. The van der Waals surface area contributed by atoms with E-state index < -0.39 is 33.3 Å². The number of benzene rings is 1. The van der Waals surface area contributed by atoms with E-state index in [1.807, 2.05) is 0 Å². The molecule has 2 N–H and O–H groups in total. The van der Waals surface area contributed by atoms with Gasteiger partial charge in [-0.25, -0.2) is 4.39 Å². The second-order valence-electron chi connectivity index (χ2n) is 4.32. The summed E-state index contributed by atoms with van der Waals surface area (Å²) >= 11 is 0. The molecule has 7 nitrogen and oxygen atoms in total. The number of aromatic amines is 1. The topological polar surface area (TPSA) is 114 Å². The highest BCUT2D eigenvalue weighted by Gasteiger charge is 2.20. The van der Waals surface area contributed by atoms with E-state index >= 15 is 0 Å². The number of hydrogen-bond acceptors (Lipinski definition) is 5. The van der Waals surface area contributed by atoms with Gasteiger partial charge in [-0.3, -0.25) is 14.1 Å². The molecule has 0 aliphatic heterocycles. The fourth-order valence-corrected chi connectivity index (χ4v) is 2.50. The Morgan fingerprint density at radius 3 is 2.52 bits per heavy atom. The molecule has 0 aliphatic rings. The first-order valence-corrected chi connectivity index (χ1v) is 7.01. The number of H-pyrrole nitrogens is 1. The molecule has 1 heterocycles. The summed E-state index contributed by atoms with van der Waals surface area (Å²) in [6, 6.07) is 1.84. The van der Waals surface area contributed by atoms with E-state index in [-0.39, 0.29) is 22.0 Å². The van der Waals surface area contributed by atoms with Crippen LogP contribution in [0.4, 0.5) is 4.39 Å². The molecule has 0 unspecified atom stereocenters. The quantitative estimate of drug-likeness (QED) is 0.653. The Kier molecular flexibility index (Phi) is 3.56. The molecular weight excluding hydrogens is 305 g/mol. The standard InChI is InChI=1S/C12H10FNO6S/c1-5-9(6(2)15)12(16)14-11-7(13)3-4-8(10(5)11)20-21(17,18)19/h3-4H,1-2H3,(H,14,16)(H,17,18,19). The Morgan fingerprint density at radius 1 is 1.38 bits per heavy atom. The molecule has 0 spiro atoms. The van der Waals surface area contributed by atoms with E-state index in [0.29, 0.717) is 0 Å². The summed E-state index contributed by atoms with van der Waals surface area (Å²) in [5.41, 5.74) is -1.30. The minimum Gasteiger partial charge on any atom is -0.361 e. The second-order valence-corrected chi connectivity index (χ2v) is 5.34. The first-order valence-electron chi connectivity index (χ1n) is 5.64. The number of nitrogens with one attached hydrogen (secondary N) is 1. The van der Waals surface area contributed by atoms with Crippen molar-refractivity contribution >= 4 is 27.1 Å². The Bertz CT molecular complexity index is 915.